The second-order valence-electron chi connectivity index (χ2n) is 9.47. The van der Waals surface area contributed by atoms with E-state index in [0.717, 1.165) is 53.4 Å². The summed E-state index contributed by atoms with van der Waals surface area (Å²) in [6.45, 7) is 5.60. The number of carbonyl (C=O) groups is 1. The second-order valence-corrected chi connectivity index (χ2v) is 9.47. The highest BCUT2D eigenvalue weighted by Crippen LogP contribution is 2.36. The molecule has 1 amide bonds. The Morgan fingerprint density at radius 3 is 2.74 bits per heavy atom. The molecule has 0 aliphatic carbocycles. The molecule has 2 bridgehead atoms. The number of anilines is 3. The molecule has 4 heterocycles. The van der Waals surface area contributed by atoms with Crippen LogP contribution in [0.25, 0.3) is 16.6 Å². The van der Waals surface area contributed by atoms with Crippen LogP contribution in [-0.2, 0) is 4.79 Å². The summed E-state index contributed by atoms with van der Waals surface area (Å²) in [4.78, 5) is 18.7. The summed E-state index contributed by atoms with van der Waals surface area (Å²) in [7, 11) is 0. The zero-order chi connectivity index (χ0) is 23.9. The molecule has 2 aliphatic rings. The van der Waals surface area contributed by atoms with Crippen molar-refractivity contribution in [2.45, 2.75) is 38.4 Å². The number of benzene rings is 2. The molecule has 35 heavy (non-hydrogen) atoms. The highest BCUT2D eigenvalue weighted by Gasteiger charge is 2.39. The number of fused-ring (bicyclic) bond motifs is 3. The zero-order valence-corrected chi connectivity index (χ0v) is 19.9. The van der Waals surface area contributed by atoms with E-state index in [0.29, 0.717) is 12.1 Å². The Labute approximate surface area is 204 Å². The number of piperazine rings is 1. The Hall–Kier alpha value is -3.91. The minimum atomic E-state index is -0.0936. The van der Waals surface area contributed by atoms with Crippen molar-refractivity contribution in [3.05, 3.63) is 72.4 Å². The van der Waals surface area contributed by atoms with Crippen molar-refractivity contribution in [2.24, 2.45) is 0 Å². The van der Waals surface area contributed by atoms with Gasteiger partial charge in [-0.15, -0.1) is 5.10 Å². The number of nitrogens with zero attached hydrogens (tertiary/aromatic N) is 4. The first-order valence-electron chi connectivity index (χ1n) is 12.1. The van der Waals surface area contributed by atoms with Gasteiger partial charge in [-0.05, 0) is 43.2 Å². The molecule has 8 nitrogen and oxygen atoms in total. The smallest absolute Gasteiger partial charge is 0.221 e. The fraction of sp³-hybridized carbons (Fsp3) is 0.296. The molecule has 3 atom stereocenters. The Balaban J connectivity index is 1.40. The molecule has 0 radical (unpaired) electrons. The molecule has 4 aromatic rings. The standard InChI is InChI=1S/C27H29N7O/c1-17(19-6-4-3-5-7-19)30-26-14-22(10-11-28-26)34-25-13-20(31-18(2)35)8-9-24(25)27(32-34)33-16-21-12-23(33)15-29-21/h3-11,13-14,17,21,23,29H,12,15-16H2,1-2H3,(H,28,30)(H,31,35)/t17-,21?,23?/m0/s1. The van der Waals surface area contributed by atoms with Gasteiger partial charge in [0.2, 0.25) is 5.91 Å². The molecule has 2 aromatic heterocycles. The topological polar surface area (TPSA) is 87.1 Å². The predicted molar refractivity (Wildman–Crippen MR) is 139 cm³/mol. The van der Waals surface area contributed by atoms with Crippen molar-refractivity contribution >= 4 is 34.1 Å². The van der Waals surface area contributed by atoms with Gasteiger partial charge in [-0.25, -0.2) is 9.67 Å². The first-order valence-corrected chi connectivity index (χ1v) is 12.1. The first kappa shape index (κ1) is 21.6. The van der Waals surface area contributed by atoms with Crippen molar-refractivity contribution in [1.82, 2.24) is 20.1 Å². The van der Waals surface area contributed by atoms with Crippen LogP contribution in [0.4, 0.5) is 17.3 Å². The maximum absolute atomic E-state index is 11.7. The van der Waals surface area contributed by atoms with Crippen molar-refractivity contribution in [1.29, 1.82) is 0 Å². The van der Waals surface area contributed by atoms with Crippen LogP contribution in [0.1, 0.15) is 31.9 Å². The summed E-state index contributed by atoms with van der Waals surface area (Å²) < 4.78 is 1.97. The quantitative estimate of drug-likeness (QED) is 0.396. The van der Waals surface area contributed by atoms with Gasteiger partial charge >= 0.3 is 0 Å². The number of pyridine rings is 1. The molecule has 2 fully saturated rings. The minimum Gasteiger partial charge on any atom is -0.363 e. The van der Waals surface area contributed by atoms with Gasteiger partial charge in [-0.1, -0.05) is 30.3 Å². The van der Waals surface area contributed by atoms with Crippen molar-refractivity contribution < 1.29 is 4.79 Å². The Kier molecular flexibility index (Phi) is 5.37. The lowest BCUT2D eigenvalue weighted by atomic mass is 10.1. The van der Waals surface area contributed by atoms with E-state index in [1.54, 1.807) is 0 Å². The van der Waals surface area contributed by atoms with Gasteiger partial charge in [0, 0.05) is 61.5 Å². The minimum absolute atomic E-state index is 0.0936. The normalized spacial score (nSPS) is 19.8. The first-order chi connectivity index (χ1) is 17.0. The van der Waals surface area contributed by atoms with Crippen LogP contribution in [0.5, 0.6) is 0 Å². The van der Waals surface area contributed by atoms with E-state index in [2.05, 4.69) is 51.0 Å². The molecule has 2 aromatic carbocycles. The number of hydrogen-bond acceptors (Lipinski definition) is 6. The second kappa shape index (κ2) is 8.70. The van der Waals surface area contributed by atoms with Crippen molar-refractivity contribution in [3.8, 4) is 5.69 Å². The molecule has 0 saturated carbocycles. The van der Waals surface area contributed by atoms with Crippen molar-refractivity contribution in [2.75, 3.05) is 28.6 Å². The number of amides is 1. The van der Waals surface area contributed by atoms with E-state index >= 15 is 0 Å². The zero-order valence-electron chi connectivity index (χ0n) is 19.9. The Bertz CT molecular complexity index is 1380. The highest BCUT2D eigenvalue weighted by molar-refractivity contribution is 5.97. The van der Waals surface area contributed by atoms with Gasteiger partial charge < -0.3 is 20.9 Å². The molecule has 8 heteroatoms. The summed E-state index contributed by atoms with van der Waals surface area (Å²) >= 11 is 0. The van der Waals surface area contributed by atoms with Gasteiger partial charge in [0.1, 0.15) is 5.82 Å². The van der Waals surface area contributed by atoms with Crippen LogP contribution in [0.15, 0.2) is 66.9 Å². The van der Waals surface area contributed by atoms with E-state index in [9.17, 15) is 4.79 Å². The summed E-state index contributed by atoms with van der Waals surface area (Å²) in [5, 5.41) is 16.2. The van der Waals surface area contributed by atoms with Gasteiger partial charge in [0.25, 0.3) is 0 Å². The third-order valence-corrected chi connectivity index (χ3v) is 6.96. The van der Waals surface area contributed by atoms with E-state index in [1.165, 1.54) is 12.5 Å². The fourth-order valence-electron chi connectivity index (χ4n) is 5.29. The Morgan fingerprint density at radius 1 is 1.14 bits per heavy atom. The Morgan fingerprint density at radius 2 is 2.00 bits per heavy atom. The molecule has 2 saturated heterocycles. The van der Waals surface area contributed by atoms with Crippen LogP contribution >= 0.6 is 0 Å². The van der Waals surface area contributed by atoms with Crippen LogP contribution in [0.3, 0.4) is 0 Å². The average Bonchev–Trinajstić information content (AvgIpc) is 3.58. The van der Waals surface area contributed by atoms with E-state index < -0.39 is 0 Å². The summed E-state index contributed by atoms with van der Waals surface area (Å²) in [6, 6.07) is 21.4. The van der Waals surface area contributed by atoms with Gasteiger partial charge in [-0.3, -0.25) is 4.79 Å². The van der Waals surface area contributed by atoms with E-state index in [-0.39, 0.29) is 11.9 Å². The predicted octanol–water partition coefficient (Wildman–Crippen LogP) is 4.10. The number of hydrogen-bond donors (Lipinski definition) is 3. The van der Waals surface area contributed by atoms with Gasteiger partial charge in [0.15, 0.2) is 5.82 Å². The van der Waals surface area contributed by atoms with Crippen molar-refractivity contribution in [3.63, 3.8) is 0 Å². The molecule has 178 valence electrons. The summed E-state index contributed by atoms with van der Waals surface area (Å²) in [5.74, 6) is 1.68. The number of rotatable bonds is 6. The third kappa shape index (κ3) is 4.10. The maximum Gasteiger partial charge on any atom is 0.221 e. The fourth-order valence-corrected chi connectivity index (χ4v) is 5.29. The lowest BCUT2D eigenvalue weighted by Gasteiger charge is -2.27. The number of nitrogens with one attached hydrogen (secondary N) is 3. The van der Waals surface area contributed by atoms with Crippen LogP contribution in [0.2, 0.25) is 0 Å². The highest BCUT2D eigenvalue weighted by atomic mass is 16.1. The molecule has 3 N–H and O–H groups in total. The van der Waals surface area contributed by atoms with Crippen LogP contribution in [-0.4, -0.2) is 45.8 Å². The van der Waals surface area contributed by atoms with Gasteiger partial charge in [0.05, 0.1) is 11.2 Å². The maximum atomic E-state index is 11.7. The number of aromatic nitrogens is 3. The largest absolute Gasteiger partial charge is 0.363 e. The van der Waals surface area contributed by atoms with E-state index in [4.69, 9.17) is 5.10 Å². The third-order valence-electron chi connectivity index (χ3n) is 6.96. The number of carbonyl (C=O) groups excluding carboxylic acids is 1. The molecule has 0 spiro atoms. The molecule has 6 rings (SSSR count). The van der Waals surface area contributed by atoms with E-state index in [1.807, 2.05) is 53.3 Å². The molecule has 2 aliphatic heterocycles. The summed E-state index contributed by atoms with van der Waals surface area (Å²) in [5.41, 5.74) is 3.83. The molecular weight excluding hydrogens is 438 g/mol. The monoisotopic (exact) mass is 467 g/mol. The van der Waals surface area contributed by atoms with Gasteiger partial charge in [-0.2, -0.15) is 0 Å². The molecule has 2 unspecified atom stereocenters. The van der Waals surface area contributed by atoms with Crippen LogP contribution in [0, 0.1) is 0 Å². The summed E-state index contributed by atoms with van der Waals surface area (Å²) in [6.07, 6.45) is 2.96. The lowest BCUT2D eigenvalue weighted by Crippen LogP contribution is -2.43. The SMILES string of the molecule is CC(=O)Nc1ccc2c(N3CC4CC3CN4)nn(-c3ccnc(N[C@@H](C)c4ccccc4)c3)c2c1. The molecular formula is C27H29N7O. The average molecular weight is 468 g/mol. The van der Waals surface area contributed by atoms with Crippen LogP contribution < -0.4 is 20.9 Å². The lowest BCUT2D eigenvalue weighted by molar-refractivity contribution is -0.114.